The maximum atomic E-state index is 12.6. The SMILES string of the molecule is CC(C)(C)OC(=O)N1CCC2(CCNCC2)[C@@H](c2ccccc2)C1. The summed E-state index contributed by atoms with van der Waals surface area (Å²) in [6, 6.07) is 10.7. The zero-order valence-electron chi connectivity index (χ0n) is 15.2. The minimum Gasteiger partial charge on any atom is -0.444 e. The summed E-state index contributed by atoms with van der Waals surface area (Å²) >= 11 is 0. The van der Waals surface area contributed by atoms with Crippen LogP contribution in [0, 0.1) is 5.41 Å². The number of nitrogens with one attached hydrogen (secondary N) is 1. The summed E-state index contributed by atoms with van der Waals surface area (Å²) in [6.07, 6.45) is 3.27. The molecule has 2 fully saturated rings. The first-order valence-electron chi connectivity index (χ1n) is 9.13. The second-order valence-corrected chi connectivity index (χ2v) is 8.25. The van der Waals surface area contributed by atoms with Crippen LogP contribution in [0.2, 0.25) is 0 Å². The third-order valence-corrected chi connectivity index (χ3v) is 5.47. The molecular weight excluding hydrogens is 300 g/mol. The number of ether oxygens (including phenoxy) is 1. The van der Waals surface area contributed by atoms with Gasteiger partial charge in [0.25, 0.3) is 0 Å². The standard InChI is InChI=1S/C20H30N2O2/c1-19(2,3)24-18(23)22-14-11-20(9-12-21-13-10-20)17(15-22)16-7-5-4-6-8-16/h4-8,17,21H,9-15H2,1-3H3/t17-/m1/s1. The Kier molecular flexibility index (Phi) is 4.86. The number of carbonyl (C=O) groups excluding carboxylic acids is 1. The van der Waals surface area contributed by atoms with E-state index in [9.17, 15) is 4.79 Å². The molecule has 0 radical (unpaired) electrons. The molecule has 0 unspecified atom stereocenters. The molecule has 1 amide bonds. The van der Waals surface area contributed by atoms with Crippen molar-refractivity contribution in [3.8, 4) is 0 Å². The van der Waals surface area contributed by atoms with Crippen LogP contribution in [0.25, 0.3) is 0 Å². The first-order valence-corrected chi connectivity index (χ1v) is 9.13. The van der Waals surface area contributed by atoms with Gasteiger partial charge in [0.05, 0.1) is 0 Å². The molecule has 2 aliphatic heterocycles. The molecule has 1 atom stereocenters. The molecule has 132 valence electrons. The molecule has 0 bridgehead atoms. The van der Waals surface area contributed by atoms with Crippen LogP contribution in [-0.2, 0) is 4.74 Å². The summed E-state index contributed by atoms with van der Waals surface area (Å²) in [5.74, 6) is 0.391. The van der Waals surface area contributed by atoms with Gasteiger partial charge in [-0.15, -0.1) is 0 Å². The minimum absolute atomic E-state index is 0.174. The molecule has 3 rings (SSSR count). The fourth-order valence-electron chi connectivity index (χ4n) is 4.20. The summed E-state index contributed by atoms with van der Waals surface area (Å²) < 4.78 is 5.61. The van der Waals surface area contributed by atoms with Crippen molar-refractivity contribution in [3.63, 3.8) is 0 Å². The highest BCUT2D eigenvalue weighted by atomic mass is 16.6. The Morgan fingerprint density at radius 1 is 1.17 bits per heavy atom. The van der Waals surface area contributed by atoms with Crippen LogP contribution in [0.5, 0.6) is 0 Å². The Morgan fingerprint density at radius 2 is 1.83 bits per heavy atom. The maximum absolute atomic E-state index is 12.6. The molecule has 1 spiro atoms. The summed E-state index contributed by atoms with van der Waals surface area (Å²) in [5.41, 5.74) is 1.22. The lowest BCUT2D eigenvalue weighted by atomic mass is 9.62. The van der Waals surface area contributed by atoms with E-state index in [2.05, 4.69) is 35.6 Å². The normalized spacial score (nSPS) is 24.0. The van der Waals surface area contributed by atoms with Crippen molar-refractivity contribution in [1.82, 2.24) is 10.2 Å². The summed E-state index contributed by atoms with van der Waals surface area (Å²) in [6.45, 7) is 9.51. The molecule has 0 aromatic heterocycles. The van der Waals surface area contributed by atoms with E-state index < -0.39 is 5.60 Å². The highest BCUT2D eigenvalue weighted by Gasteiger charge is 2.45. The van der Waals surface area contributed by atoms with Gasteiger partial charge in [0.2, 0.25) is 0 Å². The van der Waals surface area contributed by atoms with Crippen LogP contribution in [0.4, 0.5) is 4.79 Å². The van der Waals surface area contributed by atoms with Gasteiger partial charge in [-0.2, -0.15) is 0 Å². The number of hydrogen-bond acceptors (Lipinski definition) is 3. The highest BCUT2D eigenvalue weighted by molar-refractivity contribution is 5.68. The van der Waals surface area contributed by atoms with Crippen LogP contribution in [0.1, 0.15) is 51.5 Å². The van der Waals surface area contributed by atoms with E-state index in [1.165, 1.54) is 18.4 Å². The second kappa shape index (κ2) is 6.75. The average Bonchev–Trinajstić information content (AvgIpc) is 2.55. The maximum Gasteiger partial charge on any atom is 0.410 e. The fraction of sp³-hybridized carbons (Fsp3) is 0.650. The van der Waals surface area contributed by atoms with Crippen LogP contribution in [0.15, 0.2) is 30.3 Å². The zero-order chi connectivity index (χ0) is 17.2. The van der Waals surface area contributed by atoms with Gasteiger partial charge in [-0.3, -0.25) is 0 Å². The number of carbonyl (C=O) groups is 1. The van der Waals surface area contributed by atoms with E-state index in [-0.39, 0.29) is 6.09 Å². The van der Waals surface area contributed by atoms with E-state index in [4.69, 9.17) is 4.74 Å². The molecule has 4 nitrogen and oxygen atoms in total. The molecule has 1 N–H and O–H groups in total. The summed E-state index contributed by atoms with van der Waals surface area (Å²) in [7, 11) is 0. The van der Waals surface area contributed by atoms with Gasteiger partial charge in [0.15, 0.2) is 0 Å². The molecule has 0 saturated carbocycles. The van der Waals surface area contributed by atoms with Crippen molar-refractivity contribution < 1.29 is 9.53 Å². The molecule has 0 aliphatic carbocycles. The number of benzene rings is 1. The minimum atomic E-state index is -0.441. The second-order valence-electron chi connectivity index (χ2n) is 8.25. The Morgan fingerprint density at radius 3 is 2.46 bits per heavy atom. The quantitative estimate of drug-likeness (QED) is 0.852. The Bertz CT molecular complexity index is 559. The summed E-state index contributed by atoms with van der Waals surface area (Å²) in [4.78, 5) is 14.5. The first kappa shape index (κ1) is 17.3. The van der Waals surface area contributed by atoms with Crippen molar-refractivity contribution in [2.75, 3.05) is 26.2 Å². The smallest absolute Gasteiger partial charge is 0.410 e. The molecule has 2 heterocycles. The molecule has 4 heteroatoms. The van der Waals surface area contributed by atoms with E-state index in [1.54, 1.807) is 0 Å². The van der Waals surface area contributed by atoms with Crippen LogP contribution in [-0.4, -0.2) is 42.8 Å². The lowest BCUT2D eigenvalue weighted by Crippen LogP contribution is -2.52. The van der Waals surface area contributed by atoms with Gasteiger partial charge in [0, 0.05) is 19.0 Å². The van der Waals surface area contributed by atoms with E-state index in [1.807, 2.05) is 25.7 Å². The number of nitrogens with zero attached hydrogens (tertiary/aromatic N) is 1. The van der Waals surface area contributed by atoms with Crippen molar-refractivity contribution >= 4 is 6.09 Å². The van der Waals surface area contributed by atoms with Crippen molar-refractivity contribution in [2.24, 2.45) is 5.41 Å². The molecule has 24 heavy (non-hydrogen) atoms. The average molecular weight is 330 g/mol. The van der Waals surface area contributed by atoms with Gasteiger partial charge in [0.1, 0.15) is 5.60 Å². The molecule has 2 saturated heterocycles. The van der Waals surface area contributed by atoms with Gasteiger partial charge in [-0.1, -0.05) is 30.3 Å². The first-order chi connectivity index (χ1) is 11.4. The van der Waals surface area contributed by atoms with Crippen molar-refractivity contribution in [2.45, 2.75) is 51.6 Å². The predicted octanol–water partition coefficient (Wildman–Crippen LogP) is 3.78. The number of amides is 1. The number of likely N-dealkylation sites (tertiary alicyclic amines) is 1. The summed E-state index contributed by atoms with van der Waals surface area (Å²) in [5, 5.41) is 3.49. The van der Waals surface area contributed by atoms with E-state index in [0.717, 1.165) is 32.6 Å². The Labute approximate surface area is 145 Å². The Balaban J connectivity index is 1.82. The third kappa shape index (κ3) is 3.75. The van der Waals surface area contributed by atoms with Gasteiger partial charge >= 0.3 is 6.09 Å². The topological polar surface area (TPSA) is 41.6 Å². The van der Waals surface area contributed by atoms with Gasteiger partial charge in [-0.25, -0.2) is 4.79 Å². The predicted molar refractivity (Wildman–Crippen MR) is 96.1 cm³/mol. The molecule has 2 aliphatic rings. The fourth-order valence-corrected chi connectivity index (χ4v) is 4.20. The zero-order valence-corrected chi connectivity index (χ0v) is 15.2. The van der Waals surface area contributed by atoms with E-state index in [0.29, 0.717) is 11.3 Å². The molecular formula is C20H30N2O2. The lowest BCUT2D eigenvalue weighted by Gasteiger charge is -2.50. The number of rotatable bonds is 1. The molecule has 1 aromatic rings. The number of piperidine rings is 2. The van der Waals surface area contributed by atoms with E-state index >= 15 is 0 Å². The van der Waals surface area contributed by atoms with Crippen molar-refractivity contribution in [3.05, 3.63) is 35.9 Å². The third-order valence-electron chi connectivity index (χ3n) is 5.47. The van der Waals surface area contributed by atoms with Gasteiger partial charge < -0.3 is 15.0 Å². The lowest BCUT2D eigenvalue weighted by molar-refractivity contribution is -0.00238. The monoisotopic (exact) mass is 330 g/mol. The number of hydrogen-bond donors (Lipinski definition) is 1. The van der Waals surface area contributed by atoms with Crippen LogP contribution >= 0.6 is 0 Å². The largest absolute Gasteiger partial charge is 0.444 e. The van der Waals surface area contributed by atoms with Crippen LogP contribution < -0.4 is 5.32 Å². The molecule has 1 aromatic carbocycles. The van der Waals surface area contributed by atoms with Crippen LogP contribution in [0.3, 0.4) is 0 Å². The highest BCUT2D eigenvalue weighted by Crippen LogP contribution is 2.49. The van der Waals surface area contributed by atoms with Crippen molar-refractivity contribution in [1.29, 1.82) is 0 Å². The Hall–Kier alpha value is -1.55. The van der Waals surface area contributed by atoms with Gasteiger partial charge in [-0.05, 0) is 64.1 Å².